The predicted molar refractivity (Wildman–Crippen MR) is 83.7 cm³/mol. The standard InChI is InChI=1S/C17H23NS/c18-17(13-8-4-2-1-3-5-9-13)15-12-19-16-11-7-6-10-14(15)16/h6-8,10-11,15,17H,1-5,9,12,18H2/b13-8+. The molecule has 3 rings (SSSR count). The zero-order chi connectivity index (χ0) is 13.1. The van der Waals surface area contributed by atoms with Gasteiger partial charge in [0.2, 0.25) is 0 Å². The summed E-state index contributed by atoms with van der Waals surface area (Å²) < 4.78 is 0. The molecule has 0 radical (unpaired) electrons. The molecular weight excluding hydrogens is 250 g/mol. The first-order chi connectivity index (χ1) is 9.36. The van der Waals surface area contributed by atoms with Crippen LogP contribution in [0.25, 0.3) is 0 Å². The third-order valence-electron chi connectivity index (χ3n) is 4.42. The lowest BCUT2D eigenvalue weighted by Crippen LogP contribution is -2.31. The molecule has 19 heavy (non-hydrogen) atoms. The summed E-state index contributed by atoms with van der Waals surface area (Å²) in [7, 11) is 0. The van der Waals surface area contributed by atoms with Crippen molar-refractivity contribution in [3.05, 3.63) is 41.5 Å². The van der Waals surface area contributed by atoms with Gasteiger partial charge in [-0.2, -0.15) is 0 Å². The molecule has 0 fully saturated rings. The van der Waals surface area contributed by atoms with Crippen molar-refractivity contribution >= 4 is 11.8 Å². The molecule has 0 saturated heterocycles. The van der Waals surface area contributed by atoms with Gasteiger partial charge < -0.3 is 5.73 Å². The van der Waals surface area contributed by atoms with Crippen LogP contribution < -0.4 is 5.73 Å². The molecule has 1 aliphatic heterocycles. The average Bonchev–Trinajstić information content (AvgIpc) is 2.81. The second-order valence-corrected chi connectivity index (χ2v) is 6.77. The highest BCUT2D eigenvalue weighted by molar-refractivity contribution is 7.99. The molecule has 1 aliphatic carbocycles. The topological polar surface area (TPSA) is 26.0 Å². The van der Waals surface area contributed by atoms with Crippen molar-refractivity contribution in [2.45, 2.75) is 55.4 Å². The molecule has 0 bridgehead atoms. The summed E-state index contributed by atoms with van der Waals surface area (Å²) in [6.07, 6.45) is 10.3. The number of allylic oxidation sites excluding steroid dienone is 1. The fourth-order valence-corrected chi connectivity index (χ4v) is 4.57. The minimum Gasteiger partial charge on any atom is -0.324 e. The molecule has 1 nitrogen and oxygen atoms in total. The van der Waals surface area contributed by atoms with Crippen molar-refractivity contribution < 1.29 is 0 Å². The van der Waals surface area contributed by atoms with Crippen LogP contribution in [0.3, 0.4) is 0 Å². The first-order valence-corrected chi connectivity index (χ1v) is 8.51. The van der Waals surface area contributed by atoms with Crippen molar-refractivity contribution in [1.29, 1.82) is 0 Å². The van der Waals surface area contributed by atoms with Crippen molar-refractivity contribution in [3.8, 4) is 0 Å². The number of hydrogen-bond donors (Lipinski definition) is 1. The Bertz CT molecular complexity index is 466. The maximum atomic E-state index is 6.61. The summed E-state index contributed by atoms with van der Waals surface area (Å²) in [5, 5.41) is 0. The van der Waals surface area contributed by atoms with E-state index >= 15 is 0 Å². The normalized spacial score (nSPS) is 27.8. The fourth-order valence-electron chi connectivity index (χ4n) is 3.26. The summed E-state index contributed by atoms with van der Waals surface area (Å²) in [6.45, 7) is 0. The van der Waals surface area contributed by atoms with Gasteiger partial charge in [0, 0.05) is 22.6 Å². The third-order valence-corrected chi connectivity index (χ3v) is 5.63. The van der Waals surface area contributed by atoms with Gasteiger partial charge in [-0.05, 0) is 37.3 Å². The van der Waals surface area contributed by atoms with Crippen LogP contribution in [0, 0.1) is 0 Å². The SMILES string of the molecule is NC(/C1=C/CCCCCC1)C1CSc2ccccc21. The van der Waals surface area contributed by atoms with Crippen LogP contribution in [0.15, 0.2) is 40.8 Å². The Balaban J connectivity index is 1.78. The Morgan fingerprint density at radius 1 is 1.11 bits per heavy atom. The van der Waals surface area contributed by atoms with E-state index < -0.39 is 0 Å². The van der Waals surface area contributed by atoms with E-state index in [0.717, 1.165) is 5.75 Å². The maximum absolute atomic E-state index is 6.61. The first kappa shape index (κ1) is 13.3. The Kier molecular flexibility index (Phi) is 4.29. The molecule has 1 aromatic carbocycles. The summed E-state index contributed by atoms with van der Waals surface area (Å²) in [5.41, 5.74) is 9.60. The number of nitrogens with two attached hydrogens (primary N) is 1. The molecule has 0 aromatic heterocycles. The van der Waals surface area contributed by atoms with Crippen LogP contribution in [0.2, 0.25) is 0 Å². The van der Waals surface area contributed by atoms with Gasteiger partial charge in [-0.3, -0.25) is 0 Å². The molecule has 102 valence electrons. The summed E-state index contributed by atoms with van der Waals surface area (Å²) >= 11 is 1.97. The van der Waals surface area contributed by atoms with Gasteiger partial charge in [0.25, 0.3) is 0 Å². The van der Waals surface area contributed by atoms with Gasteiger partial charge in [-0.1, -0.05) is 42.7 Å². The van der Waals surface area contributed by atoms with E-state index in [1.165, 1.54) is 54.6 Å². The first-order valence-electron chi connectivity index (χ1n) is 7.52. The lowest BCUT2D eigenvalue weighted by atomic mass is 9.85. The molecule has 2 N–H and O–H groups in total. The molecule has 2 atom stereocenters. The Hall–Kier alpha value is -0.730. The average molecular weight is 273 g/mol. The number of thioether (sulfide) groups is 1. The van der Waals surface area contributed by atoms with Gasteiger partial charge in [0.1, 0.15) is 0 Å². The van der Waals surface area contributed by atoms with Gasteiger partial charge >= 0.3 is 0 Å². The monoisotopic (exact) mass is 273 g/mol. The molecule has 2 aliphatic rings. The van der Waals surface area contributed by atoms with Crippen LogP contribution >= 0.6 is 11.8 Å². The van der Waals surface area contributed by atoms with Crippen LogP contribution in [0.1, 0.15) is 50.0 Å². The lowest BCUT2D eigenvalue weighted by Gasteiger charge is -2.24. The van der Waals surface area contributed by atoms with Crippen LogP contribution in [0.4, 0.5) is 0 Å². The summed E-state index contributed by atoms with van der Waals surface area (Å²) in [5.74, 6) is 1.67. The van der Waals surface area contributed by atoms with Crippen LogP contribution in [-0.4, -0.2) is 11.8 Å². The lowest BCUT2D eigenvalue weighted by molar-refractivity contribution is 0.565. The van der Waals surface area contributed by atoms with Gasteiger partial charge in [0.05, 0.1) is 0 Å². The highest BCUT2D eigenvalue weighted by atomic mass is 32.2. The quantitative estimate of drug-likeness (QED) is 0.804. The highest BCUT2D eigenvalue weighted by Gasteiger charge is 2.29. The van der Waals surface area contributed by atoms with E-state index in [9.17, 15) is 0 Å². The molecule has 1 heterocycles. The second kappa shape index (κ2) is 6.15. The van der Waals surface area contributed by atoms with Gasteiger partial charge in [-0.15, -0.1) is 11.8 Å². The number of fused-ring (bicyclic) bond motifs is 1. The van der Waals surface area contributed by atoms with Crippen LogP contribution in [-0.2, 0) is 0 Å². The Morgan fingerprint density at radius 3 is 2.89 bits per heavy atom. The Morgan fingerprint density at radius 2 is 1.95 bits per heavy atom. The van der Waals surface area contributed by atoms with Crippen LogP contribution in [0.5, 0.6) is 0 Å². The Labute approximate surface area is 120 Å². The minimum atomic E-state index is 0.231. The van der Waals surface area contributed by atoms with Crippen molar-refractivity contribution in [2.24, 2.45) is 5.73 Å². The fraction of sp³-hybridized carbons (Fsp3) is 0.529. The number of benzene rings is 1. The van der Waals surface area contributed by atoms with Crippen molar-refractivity contribution in [2.75, 3.05) is 5.75 Å². The van der Waals surface area contributed by atoms with E-state index in [2.05, 4.69) is 30.3 Å². The summed E-state index contributed by atoms with van der Waals surface area (Å²) in [6, 6.07) is 9.02. The molecule has 0 amide bonds. The minimum absolute atomic E-state index is 0.231. The maximum Gasteiger partial charge on any atom is 0.0331 e. The number of rotatable bonds is 2. The molecule has 0 saturated carbocycles. The van der Waals surface area contributed by atoms with E-state index in [-0.39, 0.29) is 6.04 Å². The van der Waals surface area contributed by atoms with Gasteiger partial charge in [-0.25, -0.2) is 0 Å². The number of hydrogen-bond acceptors (Lipinski definition) is 2. The molecule has 0 spiro atoms. The summed E-state index contributed by atoms with van der Waals surface area (Å²) in [4.78, 5) is 1.44. The zero-order valence-electron chi connectivity index (χ0n) is 11.5. The highest BCUT2D eigenvalue weighted by Crippen LogP contribution is 2.42. The van der Waals surface area contributed by atoms with Gasteiger partial charge in [0.15, 0.2) is 0 Å². The third kappa shape index (κ3) is 2.90. The molecular formula is C17H23NS. The molecule has 2 unspecified atom stereocenters. The zero-order valence-corrected chi connectivity index (χ0v) is 12.3. The predicted octanol–water partition coefficient (Wildman–Crippen LogP) is 4.48. The van der Waals surface area contributed by atoms with E-state index in [0.29, 0.717) is 5.92 Å². The van der Waals surface area contributed by atoms with Crippen molar-refractivity contribution in [3.63, 3.8) is 0 Å². The molecule has 2 heteroatoms. The second-order valence-electron chi connectivity index (χ2n) is 5.71. The molecule has 1 aromatic rings. The largest absolute Gasteiger partial charge is 0.324 e. The van der Waals surface area contributed by atoms with E-state index in [1.54, 1.807) is 0 Å². The van der Waals surface area contributed by atoms with Crippen molar-refractivity contribution in [1.82, 2.24) is 0 Å². The smallest absolute Gasteiger partial charge is 0.0331 e. The van der Waals surface area contributed by atoms with E-state index in [1.807, 2.05) is 11.8 Å². The van der Waals surface area contributed by atoms with E-state index in [4.69, 9.17) is 5.73 Å².